The van der Waals surface area contributed by atoms with Crippen LogP contribution in [-0.2, 0) is 0 Å². The van der Waals surface area contributed by atoms with Gasteiger partial charge < -0.3 is 9.73 Å². The molecular weight excluding hydrogens is 245 g/mol. The molecule has 3 nitrogen and oxygen atoms in total. The monoisotopic (exact) mass is 253 g/mol. The fraction of sp³-hybridized carbons (Fsp3) is 0.0833. The molecule has 0 saturated heterocycles. The summed E-state index contributed by atoms with van der Waals surface area (Å²) < 4.78 is 18.0. The van der Waals surface area contributed by atoms with Crippen molar-refractivity contribution in [2.45, 2.75) is 6.92 Å². The van der Waals surface area contributed by atoms with Crippen molar-refractivity contribution in [2.24, 2.45) is 0 Å². The van der Waals surface area contributed by atoms with Crippen LogP contribution < -0.4 is 5.32 Å². The van der Waals surface area contributed by atoms with Crippen LogP contribution in [0.25, 0.3) is 0 Å². The van der Waals surface area contributed by atoms with Gasteiger partial charge in [-0.25, -0.2) is 4.39 Å². The summed E-state index contributed by atoms with van der Waals surface area (Å²) in [6, 6.07) is 7.18. The average Bonchev–Trinajstić information content (AvgIpc) is 2.63. The zero-order chi connectivity index (χ0) is 12.4. The molecule has 0 aliphatic rings. The summed E-state index contributed by atoms with van der Waals surface area (Å²) in [5.74, 6) is -0.795. The normalized spacial score (nSPS) is 10.3. The summed E-state index contributed by atoms with van der Waals surface area (Å²) in [5, 5.41) is 2.65. The van der Waals surface area contributed by atoms with E-state index in [1.54, 1.807) is 13.0 Å². The molecule has 0 unspecified atom stereocenters. The summed E-state index contributed by atoms with van der Waals surface area (Å²) in [6.45, 7) is 1.74. The van der Waals surface area contributed by atoms with Crippen molar-refractivity contribution in [3.63, 3.8) is 0 Å². The Labute approximate surface area is 102 Å². The van der Waals surface area contributed by atoms with Gasteiger partial charge in [-0.2, -0.15) is 0 Å². The molecule has 0 bridgehead atoms. The van der Waals surface area contributed by atoms with Crippen molar-refractivity contribution in [1.82, 2.24) is 0 Å². The predicted molar refractivity (Wildman–Crippen MR) is 62.8 cm³/mol. The van der Waals surface area contributed by atoms with Crippen LogP contribution in [0.4, 0.5) is 10.1 Å². The molecule has 1 amide bonds. The summed E-state index contributed by atoms with van der Waals surface area (Å²) in [6.07, 6.45) is 0. The predicted octanol–water partition coefficient (Wildman–Crippen LogP) is 3.63. The minimum Gasteiger partial charge on any atom is -0.440 e. The SMILES string of the molecule is Cc1cc(F)cc(NC(=O)c2ccc(Cl)o2)c1. The fourth-order valence-electron chi connectivity index (χ4n) is 1.44. The maximum atomic E-state index is 13.1. The van der Waals surface area contributed by atoms with E-state index in [1.807, 2.05) is 0 Å². The first kappa shape index (κ1) is 11.7. The average molecular weight is 254 g/mol. The summed E-state index contributed by atoms with van der Waals surface area (Å²) in [5.41, 5.74) is 1.10. The molecule has 2 aromatic rings. The lowest BCUT2D eigenvalue weighted by Gasteiger charge is -2.04. The number of carbonyl (C=O) groups excluding carboxylic acids is 1. The maximum Gasteiger partial charge on any atom is 0.291 e. The van der Waals surface area contributed by atoms with E-state index in [-0.39, 0.29) is 11.0 Å². The van der Waals surface area contributed by atoms with Crippen LogP contribution in [0.1, 0.15) is 16.1 Å². The van der Waals surface area contributed by atoms with E-state index in [1.165, 1.54) is 24.3 Å². The number of anilines is 1. The Hall–Kier alpha value is -1.81. The lowest BCUT2D eigenvalue weighted by atomic mass is 10.2. The van der Waals surface area contributed by atoms with Crippen LogP contribution in [-0.4, -0.2) is 5.91 Å². The molecule has 0 spiro atoms. The van der Waals surface area contributed by atoms with Gasteiger partial charge in [0.05, 0.1) is 0 Å². The third-order valence-electron chi connectivity index (χ3n) is 2.10. The minimum absolute atomic E-state index is 0.0805. The van der Waals surface area contributed by atoms with Crippen molar-refractivity contribution in [3.05, 3.63) is 52.7 Å². The Bertz CT molecular complexity index is 545. The van der Waals surface area contributed by atoms with E-state index in [2.05, 4.69) is 5.32 Å². The second-order valence-electron chi connectivity index (χ2n) is 3.58. The molecular formula is C12H9ClFNO2. The van der Waals surface area contributed by atoms with Crippen LogP contribution in [0.3, 0.4) is 0 Å². The lowest BCUT2D eigenvalue weighted by molar-refractivity contribution is 0.0997. The first-order valence-electron chi connectivity index (χ1n) is 4.88. The lowest BCUT2D eigenvalue weighted by Crippen LogP contribution is -2.11. The molecule has 0 saturated carbocycles. The van der Waals surface area contributed by atoms with E-state index in [0.717, 1.165) is 5.56 Å². The van der Waals surface area contributed by atoms with Gasteiger partial charge in [0.2, 0.25) is 0 Å². The van der Waals surface area contributed by atoms with Crippen molar-refractivity contribution in [1.29, 1.82) is 0 Å². The Morgan fingerprint density at radius 2 is 2.12 bits per heavy atom. The largest absolute Gasteiger partial charge is 0.440 e. The number of amides is 1. The highest BCUT2D eigenvalue weighted by Gasteiger charge is 2.11. The highest BCUT2D eigenvalue weighted by molar-refractivity contribution is 6.29. The van der Waals surface area contributed by atoms with E-state index >= 15 is 0 Å². The number of aryl methyl sites for hydroxylation is 1. The zero-order valence-corrected chi connectivity index (χ0v) is 9.72. The van der Waals surface area contributed by atoms with Crippen molar-refractivity contribution < 1.29 is 13.6 Å². The summed E-state index contributed by atoms with van der Waals surface area (Å²) in [4.78, 5) is 11.7. The Kier molecular flexibility index (Phi) is 3.15. The fourth-order valence-corrected chi connectivity index (χ4v) is 1.58. The molecule has 88 valence electrons. The van der Waals surface area contributed by atoms with E-state index in [4.69, 9.17) is 16.0 Å². The molecule has 1 heterocycles. The van der Waals surface area contributed by atoms with Gasteiger partial charge in [-0.1, -0.05) is 0 Å². The number of benzene rings is 1. The molecule has 5 heteroatoms. The van der Waals surface area contributed by atoms with E-state index < -0.39 is 11.7 Å². The molecule has 0 fully saturated rings. The second kappa shape index (κ2) is 4.59. The van der Waals surface area contributed by atoms with Crippen molar-refractivity contribution >= 4 is 23.2 Å². The number of halogens is 2. The van der Waals surface area contributed by atoms with Gasteiger partial charge in [-0.3, -0.25) is 4.79 Å². The highest BCUT2D eigenvalue weighted by atomic mass is 35.5. The van der Waals surface area contributed by atoms with Gasteiger partial charge in [0.15, 0.2) is 11.0 Å². The summed E-state index contributed by atoms with van der Waals surface area (Å²) in [7, 11) is 0. The number of rotatable bonds is 2. The number of carbonyl (C=O) groups is 1. The van der Waals surface area contributed by atoms with Crippen LogP contribution in [0.15, 0.2) is 34.7 Å². The smallest absolute Gasteiger partial charge is 0.291 e. The Morgan fingerprint density at radius 1 is 1.35 bits per heavy atom. The molecule has 1 aromatic carbocycles. The maximum absolute atomic E-state index is 13.1. The topological polar surface area (TPSA) is 42.2 Å². The standard InChI is InChI=1S/C12H9ClFNO2/c1-7-4-8(14)6-9(5-7)15-12(16)10-2-3-11(13)17-10/h2-6H,1H3,(H,15,16). The quantitative estimate of drug-likeness (QED) is 0.888. The molecule has 0 aliphatic heterocycles. The van der Waals surface area contributed by atoms with Crippen LogP contribution >= 0.6 is 11.6 Å². The number of furan rings is 1. The minimum atomic E-state index is -0.470. The van der Waals surface area contributed by atoms with Crippen LogP contribution in [0, 0.1) is 12.7 Å². The first-order valence-corrected chi connectivity index (χ1v) is 5.26. The van der Waals surface area contributed by atoms with Crippen LogP contribution in [0.5, 0.6) is 0 Å². The van der Waals surface area contributed by atoms with Gasteiger partial charge in [0.1, 0.15) is 5.82 Å². The molecule has 1 N–H and O–H groups in total. The third-order valence-corrected chi connectivity index (χ3v) is 2.30. The second-order valence-corrected chi connectivity index (χ2v) is 3.95. The Balaban J connectivity index is 2.18. The number of hydrogen-bond donors (Lipinski definition) is 1. The molecule has 2 rings (SSSR count). The molecule has 0 radical (unpaired) electrons. The van der Waals surface area contributed by atoms with Gasteiger partial charge in [-0.05, 0) is 54.4 Å². The number of hydrogen-bond acceptors (Lipinski definition) is 2. The molecule has 0 atom stereocenters. The van der Waals surface area contributed by atoms with Gasteiger partial charge in [-0.15, -0.1) is 0 Å². The van der Waals surface area contributed by atoms with Crippen molar-refractivity contribution in [3.8, 4) is 0 Å². The highest BCUT2D eigenvalue weighted by Crippen LogP contribution is 2.17. The molecule has 0 aliphatic carbocycles. The van der Waals surface area contributed by atoms with Crippen LogP contribution in [0.2, 0.25) is 5.22 Å². The molecule has 1 aromatic heterocycles. The number of nitrogens with one attached hydrogen (secondary N) is 1. The zero-order valence-electron chi connectivity index (χ0n) is 8.96. The Morgan fingerprint density at radius 3 is 2.71 bits per heavy atom. The van der Waals surface area contributed by atoms with E-state index in [9.17, 15) is 9.18 Å². The third kappa shape index (κ3) is 2.85. The first-order chi connectivity index (χ1) is 8.04. The van der Waals surface area contributed by atoms with E-state index in [0.29, 0.717) is 5.69 Å². The summed E-state index contributed by atoms with van der Waals surface area (Å²) >= 11 is 5.55. The van der Waals surface area contributed by atoms with Gasteiger partial charge in [0, 0.05) is 5.69 Å². The van der Waals surface area contributed by atoms with Gasteiger partial charge in [0.25, 0.3) is 5.91 Å². The van der Waals surface area contributed by atoms with Gasteiger partial charge >= 0.3 is 0 Å². The molecule has 17 heavy (non-hydrogen) atoms. The van der Waals surface area contributed by atoms with Crippen molar-refractivity contribution in [2.75, 3.05) is 5.32 Å².